The number of nitrogens with one attached hydrogen (secondary N) is 2. The van der Waals surface area contributed by atoms with E-state index in [9.17, 15) is 4.79 Å². The number of halogens is 1. The fourth-order valence-electron chi connectivity index (χ4n) is 3.26. The molecule has 0 radical (unpaired) electrons. The zero-order valence-corrected chi connectivity index (χ0v) is 18.3. The number of nitrogens with zero attached hydrogens (tertiary/aromatic N) is 2. The van der Waals surface area contributed by atoms with Crippen molar-refractivity contribution in [2.75, 3.05) is 12.4 Å². The van der Waals surface area contributed by atoms with Crippen molar-refractivity contribution in [3.8, 4) is 0 Å². The lowest BCUT2D eigenvalue weighted by molar-refractivity contribution is -0.115. The predicted octanol–water partition coefficient (Wildman–Crippen LogP) is 4.72. The molecule has 2 aromatic carbocycles. The van der Waals surface area contributed by atoms with Crippen LogP contribution in [0.1, 0.15) is 21.7 Å². The number of carbonyl (C=O) groups is 1. The van der Waals surface area contributed by atoms with Crippen molar-refractivity contribution < 1.29 is 4.79 Å². The largest absolute Gasteiger partial charge is 0.302 e. The first kappa shape index (κ1) is 20.4. The quantitative estimate of drug-likeness (QED) is 0.516. The number of hydrogen-bond acceptors (Lipinski definition) is 6. The topological polar surface area (TPSA) is 57.3 Å². The lowest BCUT2D eigenvalue weighted by Gasteiger charge is -2.14. The summed E-state index contributed by atoms with van der Waals surface area (Å²) in [5.74, 6) is -0.0375. The Morgan fingerprint density at radius 3 is 2.55 bits per heavy atom. The molecule has 3 aromatic rings. The third-order valence-corrected chi connectivity index (χ3v) is 6.55. The average Bonchev–Trinajstić information content (AvgIpc) is 3.23. The Labute approximate surface area is 183 Å². The first-order valence-electron chi connectivity index (χ1n) is 9.27. The molecule has 0 aliphatic carbocycles. The highest BCUT2D eigenvalue weighted by molar-refractivity contribution is 7.97. The van der Waals surface area contributed by atoms with Crippen LogP contribution in [-0.2, 0) is 30.8 Å². The highest BCUT2D eigenvalue weighted by atomic mass is 35.5. The van der Waals surface area contributed by atoms with Crippen LogP contribution in [0.15, 0.2) is 53.4 Å². The lowest BCUT2D eigenvalue weighted by atomic mass is 10.1. The van der Waals surface area contributed by atoms with Crippen LogP contribution in [0.3, 0.4) is 0 Å². The van der Waals surface area contributed by atoms with Gasteiger partial charge in [0.25, 0.3) is 0 Å². The Morgan fingerprint density at radius 1 is 1.14 bits per heavy atom. The highest BCUT2D eigenvalue weighted by Crippen LogP contribution is 2.32. The summed E-state index contributed by atoms with van der Waals surface area (Å²) in [5, 5.41) is 4.39. The van der Waals surface area contributed by atoms with Crippen LogP contribution in [0.2, 0.25) is 5.02 Å². The van der Waals surface area contributed by atoms with Crippen LogP contribution >= 0.6 is 34.9 Å². The number of thiazole rings is 1. The maximum atomic E-state index is 12.4. The van der Waals surface area contributed by atoms with E-state index < -0.39 is 0 Å². The molecule has 29 heavy (non-hydrogen) atoms. The zero-order chi connectivity index (χ0) is 20.2. The summed E-state index contributed by atoms with van der Waals surface area (Å²) in [6, 6.07) is 15.9. The molecule has 8 heteroatoms. The van der Waals surface area contributed by atoms with Gasteiger partial charge in [0.2, 0.25) is 5.91 Å². The van der Waals surface area contributed by atoms with Crippen molar-refractivity contribution >= 4 is 45.9 Å². The Hall–Kier alpha value is -1.90. The monoisotopic (exact) mass is 444 g/mol. The maximum absolute atomic E-state index is 12.4. The van der Waals surface area contributed by atoms with Crippen LogP contribution < -0.4 is 10.0 Å². The molecule has 1 aliphatic rings. The van der Waals surface area contributed by atoms with Gasteiger partial charge < -0.3 is 5.32 Å². The molecule has 150 valence electrons. The molecule has 5 nitrogen and oxygen atoms in total. The number of amides is 1. The molecular formula is C21H21ClN4OS2. The molecule has 2 N–H and O–H groups in total. The van der Waals surface area contributed by atoms with E-state index in [0.29, 0.717) is 11.6 Å². The summed E-state index contributed by atoms with van der Waals surface area (Å²) in [5.41, 5.74) is 3.28. The fraction of sp³-hybridized carbons (Fsp3) is 0.238. The number of benzene rings is 2. The first-order valence-corrected chi connectivity index (χ1v) is 11.3. The van der Waals surface area contributed by atoms with E-state index >= 15 is 0 Å². The van der Waals surface area contributed by atoms with Crippen molar-refractivity contribution in [3.05, 3.63) is 75.3 Å². The van der Waals surface area contributed by atoms with Gasteiger partial charge in [0, 0.05) is 34.4 Å². The summed E-state index contributed by atoms with van der Waals surface area (Å²) in [6.45, 7) is 2.52. The molecule has 1 aromatic heterocycles. The van der Waals surface area contributed by atoms with Crippen molar-refractivity contribution in [2.45, 2.75) is 31.0 Å². The van der Waals surface area contributed by atoms with Gasteiger partial charge in [-0.2, -0.15) is 0 Å². The van der Waals surface area contributed by atoms with E-state index in [1.807, 2.05) is 43.4 Å². The van der Waals surface area contributed by atoms with Gasteiger partial charge in [0.05, 0.1) is 12.1 Å². The normalized spacial score (nSPS) is 13.4. The molecule has 1 aliphatic heterocycles. The minimum atomic E-state index is -0.0375. The van der Waals surface area contributed by atoms with Crippen molar-refractivity contribution in [2.24, 2.45) is 0 Å². The standard InChI is InChI=1S/C21H21ClN4OS2/c1-23-29-17-8-4-14(5-9-17)10-20(27)25-21-24-18-12-26(13-19(18)28-21)11-15-2-6-16(22)7-3-15/h2-9,23H,10-13H2,1H3,(H,24,25,27). The molecule has 0 unspecified atom stereocenters. The van der Waals surface area contributed by atoms with Crippen LogP contribution in [0, 0.1) is 0 Å². The van der Waals surface area contributed by atoms with Gasteiger partial charge in [-0.1, -0.05) is 35.9 Å². The van der Waals surface area contributed by atoms with Gasteiger partial charge in [-0.25, -0.2) is 4.98 Å². The first-order chi connectivity index (χ1) is 14.1. The number of rotatable bonds is 7. The van der Waals surface area contributed by atoms with Crippen molar-refractivity contribution in [1.82, 2.24) is 14.6 Å². The second-order valence-electron chi connectivity index (χ2n) is 6.84. The second-order valence-corrected chi connectivity index (χ2v) is 9.44. The number of hydrogen-bond donors (Lipinski definition) is 2. The highest BCUT2D eigenvalue weighted by Gasteiger charge is 2.24. The zero-order valence-electron chi connectivity index (χ0n) is 15.9. The minimum absolute atomic E-state index is 0.0375. The van der Waals surface area contributed by atoms with Crippen LogP contribution in [0.5, 0.6) is 0 Å². The fourth-order valence-corrected chi connectivity index (χ4v) is 4.92. The van der Waals surface area contributed by atoms with Crippen LogP contribution in [0.25, 0.3) is 0 Å². The Kier molecular flexibility index (Phi) is 6.52. The smallest absolute Gasteiger partial charge is 0.230 e. The molecule has 0 atom stereocenters. The van der Waals surface area contributed by atoms with Gasteiger partial charge in [-0.05, 0) is 54.4 Å². The summed E-state index contributed by atoms with van der Waals surface area (Å²) in [7, 11) is 1.88. The molecule has 0 bridgehead atoms. The Morgan fingerprint density at radius 2 is 1.86 bits per heavy atom. The molecule has 2 heterocycles. The van der Waals surface area contributed by atoms with Gasteiger partial charge in [-0.3, -0.25) is 14.4 Å². The minimum Gasteiger partial charge on any atom is -0.302 e. The Balaban J connectivity index is 1.30. The molecular weight excluding hydrogens is 424 g/mol. The van der Waals surface area contributed by atoms with Gasteiger partial charge in [0.15, 0.2) is 5.13 Å². The van der Waals surface area contributed by atoms with E-state index in [0.717, 1.165) is 40.8 Å². The summed E-state index contributed by atoms with van der Waals surface area (Å²) in [4.78, 5) is 21.7. The van der Waals surface area contributed by atoms with E-state index in [1.165, 1.54) is 10.4 Å². The van der Waals surface area contributed by atoms with Crippen molar-refractivity contribution in [3.63, 3.8) is 0 Å². The van der Waals surface area contributed by atoms with E-state index in [2.05, 4.69) is 32.1 Å². The number of aromatic nitrogens is 1. The van der Waals surface area contributed by atoms with Crippen molar-refractivity contribution in [1.29, 1.82) is 0 Å². The van der Waals surface area contributed by atoms with Gasteiger partial charge in [0.1, 0.15) is 0 Å². The number of anilines is 1. The summed E-state index contributed by atoms with van der Waals surface area (Å²) < 4.78 is 3.04. The summed E-state index contributed by atoms with van der Waals surface area (Å²) >= 11 is 9.07. The average molecular weight is 445 g/mol. The Bertz CT molecular complexity index is 965. The molecule has 0 saturated carbocycles. The van der Waals surface area contributed by atoms with Gasteiger partial charge >= 0.3 is 0 Å². The SMILES string of the molecule is CNSc1ccc(CC(=O)Nc2nc3c(s2)CN(Cc2ccc(Cl)cc2)C3)cc1. The van der Waals surface area contributed by atoms with Gasteiger partial charge in [-0.15, -0.1) is 11.3 Å². The van der Waals surface area contributed by atoms with E-state index in [4.69, 9.17) is 11.6 Å². The predicted molar refractivity (Wildman–Crippen MR) is 120 cm³/mol. The molecule has 0 fully saturated rings. The number of fused-ring (bicyclic) bond motifs is 1. The third-order valence-electron chi connectivity index (χ3n) is 4.59. The van der Waals surface area contributed by atoms with Crippen LogP contribution in [-0.4, -0.2) is 22.8 Å². The molecule has 0 spiro atoms. The molecule has 0 saturated heterocycles. The molecule has 1 amide bonds. The van der Waals surface area contributed by atoms with Crippen LogP contribution in [0.4, 0.5) is 5.13 Å². The number of carbonyl (C=O) groups excluding carboxylic acids is 1. The van der Waals surface area contributed by atoms with E-state index in [-0.39, 0.29) is 5.91 Å². The maximum Gasteiger partial charge on any atom is 0.230 e. The lowest BCUT2D eigenvalue weighted by Crippen LogP contribution is -2.17. The second kappa shape index (κ2) is 9.28. The van der Waals surface area contributed by atoms with E-state index in [1.54, 1.807) is 23.3 Å². The molecule has 4 rings (SSSR count). The summed E-state index contributed by atoms with van der Waals surface area (Å²) in [6.07, 6.45) is 0.345. The third kappa shape index (κ3) is 5.38.